The van der Waals surface area contributed by atoms with Gasteiger partial charge in [-0.3, -0.25) is 9.98 Å². The van der Waals surface area contributed by atoms with Crippen molar-refractivity contribution in [3.8, 4) is 0 Å². The monoisotopic (exact) mass is 528 g/mol. The van der Waals surface area contributed by atoms with E-state index in [0.29, 0.717) is 29.6 Å². The number of hydrogen-bond donors (Lipinski definition) is 1. The molecule has 1 atom stereocenters. The molecule has 200 valence electrons. The van der Waals surface area contributed by atoms with Crippen LogP contribution in [0.4, 0.5) is 13.2 Å². The highest BCUT2D eigenvalue weighted by molar-refractivity contribution is 6.20. The molecule has 5 aliphatic rings. The van der Waals surface area contributed by atoms with E-state index < -0.39 is 11.7 Å². The van der Waals surface area contributed by atoms with E-state index in [1.807, 2.05) is 6.08 Å². The lowest BCUT2D eigenvalue weighted by molar-refractivity contribution is -0.137. The Morgan fingerprint density at radius 1 is 0.974 bits per heavy atom. The molecule has 1 N–H and O–H groups in total. The van der Waals surface area contributed by atoms with Crippen LogP contribution in [0.5, 0.6) is 0 Å². The highest BCUT2D eigenvalue weighted by atomic mass is 19.4. The Bertz CT molecular complexity index is 1440. The third-order valence-corrected chi connectivity index (χ3v) is 8.13. The van der Waals surface area contributed by atoms with Gasteiger partial charge in [-0.1, -0.05) is 67.9 Å². The molecule has 1 saturated carbocycles. The lowest BCUT2D eigenvalue weighted by atomic mass is 9.78. The first kappa shape index (κ1) is 25.5. The number of amidine groups is 1. The quantitative estimate of drug-likeness (QED) is 0.445. The van der Waals surface area contributed by atoms with Crippen molar-refractivity contribution < 1.29 is 13.2 Å². The summed E-state index contributed by atoms with van der Waals surface area (Å²) < 4.78 is 39.4. The first-order chi connectivity index (χ1) is 18.8. The highest BCUT2D eigenvalue weighted by Gasteiger charge is 2.31. The maximum absolute atomic E-state index is 13.1. The Labute approximate surface area is 226 Å². The predicted octanol–water partition coefficient (Wildman–Crippen LogP) is 7.33. The fourth-order valence-electron chi connectivity index (χ4n) is 5.76. The third-order valence-electron chi connectivity index (χ3n) is 8.13. The van der Waals surface area contributed by atoms with Crippen LogP contribution < -0.4 is 5.32 Å². The summed E-state index contributed by atoms with van der Waals surface area (Å²) in [4.78, 5) is 13.6. The minimum absolute atomic E-state index is 0.236. The summed E-state index contributed by atoms with van der Waals surface area (Å²) in [5, 5.41) is 3.52. The van der Waals surface area contributed by atoms with Crippen LogP contribution in [0.2, 0.25) is 0 Å². The average molecular weight is 529 g/mol. The predicted molar refractivity (Wildman–Crippen MR) is 150 cm³/mol. The van der Waals surface area contributed by atoms with Gasteiger partial charge in [0.05, 0.1) is 17.0 Å². The number of rotatable bonds is 4. The number of aromatic nitrogens is 1. The molecule has 3 heterocycles. The summed E-state index contributed by atoms with van der Waals surface area (Å²) in [5.41, 5.74) is 5.61. The number of fused-ring (bicyclic) bond motifs is 1. The molecule has 3 aliphatic carbocycles. The van der Waals surface area contributed by atoms with Gasteiger partial charge >= 0.3 is 6.18 Å². The minimum atomic E-state index is -4.41. The molecule has 1 fully saturated rings. The molecule has 0 radical (unpaired) electrons. The van der Waals surface area contributed by atoms with Gasteiger partial charge in [0, 0.05) is 29.6 Å². The molecule has 1 unspecified atom stereocenters. The number of hydrogen-bond acceptors (Lipinski definition) is 4. The van der Waals surface area contributed by atoms with Crippen LogP contribution in [0, 0.1) is 11.8 Å². The van der Waals surface area contributed by atoms with Gasteiger partial charge in [-0.2, -0.15) is 13.2 Å². The van der Waals surface area contributed by atoms with Gasteiger partial charge in [0.2, 0.25) is 0 Å². The van der Waals surface area contributed by atoms with E-state index in [2.05, 4.69) is 53.7 Å². The van der Waals surface area contributed by atoms with E-state index in [-0.39, 0.29) is 11.7 Å². The van der Waals surface area contributed by atoms with Crippen molar-refractivity contribution in [2.75, 3.05) is 6.54 Å². The molecule has 1 aromatic heterocycles. The summed E-state index contributed by atoms with van der Waals surface area (Å²) in [5.74, 6) is 2.21. The molecule has 39 heavy (non-hydrogen) atoms. The van der Waals surface area contributed by atoms with Gasteiger partial charge in [0.15, 0.2) is 5.84 Å². The molecule has 4 nitrogen and oxygen atoms in total. The van der Waals surface area contributed by atoms with Crippen LogP contribution in [-0.2, 0) is 6.18 Å². The van der Waals surface area contributed by atoms with Crippen molar-refractivity contribution in [1.29, 1.82) is 0 Å². The zero-order chi connectivity index (χ0) is 27.0. The summed E-state index contributed by atoms with van der Waals surface area (Å²) in [6, 6.07) is 1.81. The van der Waals surface area contributed by atoms with Gasteiger partial charge in [0.1, 0.15) is 6.04 Å². The zero-order valence-corrected chi connectivity index (χ0v) is 21.9. The number of nitrogens with one attached hydrogen (secondary N) is 1. The second kappa shape index (κ2) is 10.4. The molecule has 0 saturated heterocycles. The van der Waals surface area contributed by atoms with Crippen LogP contribution in [0.15, 0.2) is 105 Å². The van der Waals surface area contributed by atoms with Crippen molar-refractivity contribution >= 4 is 17.1 Å². The maximum atomic E-state index is 13.1. The summed E-state index contributed by atoms with van der Waals surface area (Å²) in [7, 11) is 0. The number of halogens is 3. The second-order valence-electron chi connectivity index (χ2n) is 10.9. The highest BCUT2D eigenvalue weighted by Crippen LogP contribution is 2.36. The molecule has 7 heteroatoms. The Kier molecular flexibility index (Phi) is 6.83. The third kappa shape index (κ3) is 5.54. The maximum Gasteiger partial charge on any atom is 0.416 e. The fraction of sp³-hybridized carbons (Fsp3) is 0.344. The van der Waals surface area contributed by atoms with Crippen LogP contribution >= 0.6 is 0 Å². The smallest absolute Gasteiger partial charge is 0.380 e. The number of pyridine rings is 1. The van der Waals surface area contributed by atoms with Crippen molar-refractivity contribution in [3.05, 3.63) is 107 Å². The topological polar surface area (TPSA) is 49.6 Å². The molecule has 1 aromatic rings. The van der Waals surface area contributed by atoms with E-state index in [0.717, 1.165) is 35.7 Å². The van der Waals surface area contributed by atoms with E-state index in [1.54, 1.807) is 17.7 Å². The molecule has 0 amide bonds. The summed E-state index contributed by atoms with van der Waals surface area (Å²) >= 11 is 0. The number of aliphatic imine (C=N–C) groups is 2. The zero-order valence-electron chi connectivity index (χ0n) is 21.9. The van der Waals surface area contributed by atoms with Gasteiger partial charge in [-0.15, -0.1) is 0 Å². The van der Waals surface area contributed by atoms with Crippen LogP contribution in [0.3, 0.4) is 0 Å². The number of dihydropyridines is 1. The minimum Gasteiger partial charge on any atom is -0.380 e. The number of nitrogens with zero attached hydrogens (tertiary/aromatic N) is 3. The lowest BCUT2D eigenvalue weighted by Gasteiger charge is -2.27. The Morgan fingerprint density at radius 2 is 1.82 bits per heavy atom. The van der Waals surface area contributed by atoms with Crippen LogP contribution in [-0.4, -0.2) is 29.1 Å². The Hall–Kier alpha value is -3.74. The first-order valence-electron chi connectivity index (χ1n) is 13.7. The molecule has 6 rings (SSSR count). The van der Waals surface area contributed by atoms with Crippen molar-refractivity contribution in [2.24, 2.45) is 21.8 Å². The van der Waals surface area contributed by atoms with Crippen molar-refractivity contribution in [1.82, 2.24) is 10.3 Å². The molecular weight excluding hydrogens is 497 g/mol. The largest absolute Gasteiger partial charge is 0.416 e. The van der Waals surface area contributed by atoms with Crippen LogP contribution in [0.25, 0.3) is 5.57 Å². The normalized spacial score (nSPS) is 26.7. The molecule has 0 aromatic carbocycles. The molecule has 0 bridgehead atoms. The van der Waals surface area contributed by atoms with Gasteiger partial charge in [-0.25, -0.2) is 4.99 Å². The molecular formula is C32H31F3N4. The van der Waals surface area contributed by atoms with E-state index in [4.69, 9.17) is 9.98 Å². The Morgan fingerprint density at radius 3 is 2.59 bits per heavy atom. The first-order valence-corrected chi connectivity index (χ1v) is 13.7. The Balaban J connectivity index is 1.17. The van der Waals surface area contributed by atoms with E-state index >= 15 is 0 Å². The summed E-state index contributed by atoms with van der Waals surface area (Å²) in [6.45, 7) is 2.96. The molecule has 0 spiro atoms. The van der Waals surface area contributed by atoms with Gasteiger partial charge in [-0.05, 0) is 61.0 Å². The number of alkyl halides is 3. The standard InChI is InChI=1S/C32H31F3N4/c1-20-5-7-22(8-6-20)21-3-2-4-23(10-9-21)27-13-12-25(19-37-27)31-38-28-14-11-24(17-30(28)39-31)29-18-26(15-16-36-29)32(33,34)35/h2,4,9-18,20,22,28,37H,3,5-8,19H2,1H3. The van der Waals surface area contributed by atoms with Crippen molar-refractivity contribution in [2.45, 2.75) is 51.2 Å². The molecule has 2 aliphatic heterocycles. The second-order valence-corrected chi connectivity index (χ2v) is 10.9. The lowest BCUT2D eigenvalue weighted by Crippen LogP contribution is -2.23. The summed E-state index contributed by atoms with van der Waals surface area (Å²) in [6.07, 6.45) is 21.6. The number of allylic oxidation sites excluding steroid dienone is 9. The van der Waals surface area contributed by atoms with Gasteiger partial charge < -0.3 is 5.32 Å². The average Bonchev–Trinajstić information content (AvgIpc) is 3.22. The van der Waals surface area contributed by atoms with E-state index in [9.17, 15) is 13.2 Å². The SMILES string of the molecule is CC1CCC(C2=CC=C(C3=CC=C(C4=NC5C=CC(c6cc(C(F)(F)F)ccn6)=CC5=N4)CN3)C=CC2)CC1. The van der Waals surface area contributed by atoms with E-state index in [1.165, 1.54) is 37.5 Å². The van der Waals surface area contributed by atoms with Crippen LogP contribution in [0.1, 0.15) is 50.3 Å². The van der Waals surface area contributed by atoms with Crippen molar-refractivity contribution in [3.63, 3.8) is 0 Å². The fourth-order valence-corrected chi connectivity index (χ4v) is 5.76. The van der Waals surface area contributed by atoms with Gasteiger partial charge in [0.25, 0.3) is 0 Å².